The van der Waals surface area contributed by atoms with Crippen molar-refractivity contribution in [2.24, 2.45) is 5.73 Å². The maximum atomic E-state index is 13.4. The van der Waals surface area contributed by atoms with Crippen molar-refractivity contribution < 1.29 is 28.6 Å². The average Bonchev–Trinajstić information content (AvgIpc) is 2.91. The van der Waals surface area contributed by atoms with Gasteiger partial charge in [0.25, 0.3) is 0 Å². The zero-order chi connectivity index (χ0) is 31.1. The molecule has 3 aliphatic rings. The van der Waals surface area contributed by atoms with Crippen LogP contribution in [0.4, 0.5) is 25.8 Å². The highest BCUT2D eigenvalue weighted by molar-refractivity contribution is 5.95. The van der Waals surface area contributed by atoms with Crippen molar-refractivity contribution in [1.82, 2.24) is 9.80 Å². The maximum Gasteiger partial charge on any atom is 0.410 e. The van der Waals surface area contributed by atoms with Crippen molar-refractivity contribution in [3.63, 3.8) is 0 Å². The fraction of sp³-hybridized carbons (Fsp3) is 0.531. The van der Waals surface area contributed by atoms with Gasteiger partial charge in [-0.3, -0.25) is 4.90 Å². The third-order valence-corrected chi connectivity index (χ3v) is 8.50. The molecule has 43 heavy (non-hydrogen) atoms. The second-order valence-electron chi connectivity index (χ2n) is 12.7. The SMILES string of the molecule is COc1cc(N(C(N)=O)C2CCC(N3Cc4c(C)ccc(OC5CN(C(=O)OC(C)(C)C)C5)c4NC3=O)CC2)ccc1C. The summed E-state index contributed by atoms with van der Waals surface area (Å²) in [6.07, 6.45) is 2.41. The number of hydrogen-bond donors (Lipinski definition) is 2. The van der Waals surface area contributed by atoms with Crippen molar-refractivity contribution in [2.75, 3.05) is 30.4 Å². The zero-order valence-corrected chi connectivity index (χ0v) is 25.9. The molecule has 2 aromatic rings. The van der Waals surface area contributed by atoms with Gasteiger partial charge in [0.1, 0.15) is 23.2 Å². The summed E-state index contributed by atoms with van der Waals surface area (Å²) in [7, 11) is 1.61. The van der Waals surface area contributed by atoms with E-state index in [4.69, 9.17) is 19.9 Å². The van der Waals surface area contributed by atoms with Crippen molar-refractivity contribution in [1.29, 1.82) is 0 Å². The van der Waals surface area contributed by atoms with Crippen molar-refractivity contribution >= 4 is 29.5 Å². The first-order valence-electron chi connectivity index (χ1n) is 14.9. The Hall–Kier alpha value is -4.15. The van der Waals surface area contributed by atoms with Gasteiger partial charge in [-0.25, -0.2) is 14.4 Å². The van der Waals surface area contributed by atoms with Crippen LogP contribution in [0.25, 0.3) is 0 Å². The van der Waals surface area contributed by atoms with Crippen molar-refractivity contribution in [3.8, 4) is 11.5 Å². The lowest BCUT2D eigenvalue weighted by atomic mass is 9.88. The molecule has 2 aromatic carbocycles. The van der Waals surface area contributed by atoms with Gasteiger partial charge in [-0.2, -0.15) is 0 Å². The van der Waals surface area contributed by atoms with Gasteiger partial charge >= 0.3 is 18.2 Å². The molecule has 2 aliphatic heterocycles. The summed E-state index contributed by atoms with van der Waals surface area (Å²) in [5.74, 6) is 1.31. The second kappa shape index (κ2) is 11.9. The van der Waals surface area contributed by atoms with Gasteiger partial charge in [-0.1, -0.05) is 12.1 Å². The Morgan fingerprint density at radius 1 is 1.00 bits per heavy atom. The minimum Gasteiger partial charge on any atom is -0.496 e. The highest BCUT2D eigenvalue weighted by atomic mass is 16.6. The summed E-state index contributed by atoms with van der Waals surface area (Å²) < 4.78 is 17.1. The molecule has 11 heteroatoms. The third-order valence-electron chi connectivity index (χ3n) is 8.50. The number of nitrogens with two attached hydrogens (primary N) is 1. The lowest BCUT2D eigenvalue weighted by molar-refractivity contribution is -0.0220. The highest BCUT2D eigenvalue weighted by Gasteiger charge is 2.38. The molecule has 5 amide bonds. The van der Waals surface area contributed by atoms with E-state index in [1.54, 1.807) is 16.9 Å². The zero-order valence-electron chi connectivity index (χ0n) is 25.9. The predicted molar refractivity (Wildman–Crippen MR) is 164 cm³/mol. The second-order valence-corrected chi connectivity index (χ2v) is 12.7. The number of likely N-dealkylation sites (tertiary alicyclic amines) is 1. The highest BCUT2D eigenvalue weighted by Crippen LogP contribution is 2.39. The van der Waals surface area contributed by atoms with E-state index in [2.05, 4.69) is 5.32 Å². The van der Waals surface area contributed by atoms with Crippen LogP contribution in [0.1, 0.15) is 63.1 Å². The topological polar surface area (TPSA) is 127 Å². The molecule has 1 saturated carbocycles. The molecular formula is C32H43N5O6. The number of rotatable bonds is 6. The van der Waals surface area contributed by atoms with Crippen molar-refractivity contribution in [3.05, 3.63) is 47.0 Å². The van der Waals surface area contributed by atoms with E-state index in [0.717, 1.165) is 42.4 Å². The molecular weight excluding hydrogens is 550 g/mol. The van der Waals surface area contributed by atoms with Gasteiger partial charge in [0, 0.05) is 29.4 Å². The Bertz CT molecular complexity index is 1390. The summed E-state index contributed by atoms with van der Waals surface area (Å²) in [5.41, 5.74) is 9.77. The molecule has 5 rings (SSSR count). The fourth-order valence-electron chi connectivity index (χ4n) is 6.16. The normalized spacial score (nSPS) is 20.5. The largest absolute Gasteiger partial charge is 0.496 e. The number of aryl methyl sites for hydroxylation is 2. The van der Waals surface area contributed by atoms with Crippen LogP contribution in [0, 0.1) is 13.8 Å². The van der Waals surface area contributed by atoms with Gasteiger partial charge in [-0.05, 0) is 83.6 Å². The monoisotopic (exact) mass is 593 g/mol. The summed E-state index contributed by atoms with van der Waals surface area (Å²) in [6, 6.07) is 8.86. The Balaban J connectivity index is 1.22. The van der Waals surface area contributed by atoms with Crippen LogP contribution in [-0.2, 0) is 11.3 Å². The van der Waals surface area contributed by atoms with Crippen LogP contribution in [-0.4, -0.2) is 71.9 Å². The summed E-state index contributed by atoms with van der Waals surface area (Å²) in [5, 5.41) is 3.09. The van der Waals surface area contributed by atoms with Crippen molar-refractivity contribution in [2.45, 2.75) is 90.6 Å². The van der Waals surface area contributed by atoms with Gasteiger partial charge in [0.05, 0.1) is 32.4 Å². The number of primary amides is 1. The molecule has 2 heterocycles. The molecule has 0 unspecified atom stereocenters. The van der Waals surface area contributed by atoms with Crippen LogP contribution in [0.2, 0.25) is 0 Å². The number of urea groups is 2. The maximum absolute atomic E-state index is 13.4. The van der Waals surface area contributed by atoms with Crippen LogP contribution in [0.3, 0.4) is 0 Å². The Labute approximate surface area is 253 Å². The standard InChI is InChI=1S/C32H43N5O6/c1-19-8-14-26(42-24-16-35(17-24)31(40)43-32(3,4)5)28-25(19)18-36(30(39)34-28)21-10-12-22(13-11-21)37(29(33)38)23-9-7-20(2)27(15-23)41-6/h7-9,14-15,21-22,24H,10-13,16-18H2,1-6H3,(H2,33,38)(H,34,39). The van der Waals surface area contributed by atoms with E-state index in [0.29, 0.717) is 42.5 Å². The molecule has 1 saturated heterocycles. The van der Waals surface area contributed by atoms with Gasteiger partial charge in [-0.15, -0.1) is 0 Å². The number of ether oxygens (including phenoxy) is 3. The van der Waals surface area contributed by atoms with Crippen LogP contribution in [0.15, 0.2) is 30.3 Å². The number of amides is 5. The predicted octanol–water partition coefficient (Wildman–Crippen LogP) is 5.55. The Morgan fingerprint density at radius 3 is 2.30 bits per heavy atom. The summed E-state index contributed by atoms with van der Waals surface area (Å²) in [4.78, 5) is 43.4. The minimum atomic E-state index is -0.551. The molecule has 11 nitrogen and oxygen atoms in total. The number of carbonyl (C=O) groups excluding carboxylic acids is 3. The van der Waals surface area contributed by atoms with Crippen LogP contribution < -0.4 is 25.4 Å². The molecule has 0 atom stereocenters. The molecule has 0 radical (unpaired) electrons. The van der Waals surface area contributed by atoms with E-state index in [1.807, 2.05) is 69.9 Å². The average molecular weight is 594 g/mol. The van der Waals surface area contributed by atoms with Crippen LogP contribution in [0.5, 0.6) is 11.5 Å². The first-order chi connectivity index (χ1) is 20.3. The lowest BCUT2D eigenvalue weighted by Crippen LogP contribution is -2.57. The number of nitrogens with one attached hydrogen (secondary N) is 1. The summed E-state index contributed by atoms with van der Waals surface area (Å²) >= 11 is 0. The smallest absolute Gasteiger partial charge is 0.410 e. The fourth-order valence-corrected chi connectivity index (χ4v) is 6.16. The molecule has 2 fully saturated rings. The Kier molecular flexibility index (Phi) is 8.36. The number of anilines is 2. The van der Waals surface area contributed by atoms with E-state index < -0.39 is 11.6 Å². The molecule has 1 aliphatic carbocycles. The first-order valence-corrected chi connectivity index (χ1v) is 14.9. The van der Waals surface area contributed by atoms with E-state index >= 15 is 0 Å². The van der Waals surface area contributed by atoms with E-state index in [1.165, 1.54) is 0 Å². The van der Waals surface area contributed by atoms with Gasteiger partial charge in [0.2, 0.25) is 0 Å². The summed E-state index contributed by atoms with van der Waals surface area (Å²) in [6.45, 7) is 10.8. The number of methoxy groups -OCH3 is 1. The number of hydrogen-bond acceptors (Lipinski definition) is 6. The number of benzene rings is 2. The first kappa shape index (κ1) is 30.3. The molecule has 0 aromatic heterocycles. The molecule has 0 spiro atoms. The number of carbonyl (C=O) groups is 3. The minimum absolute atomic E-state index is 0.0321. The Morgan fingerprint density at radius 2 is 1.67 bits per heavy atom. The van der Waals surface area contributed by atoms with Gasteiger partial charge < -0.3 is 35.1 Å². The van der Waals surface area contributed by atoms with E-state index in [9.17, 15) is 14.4 Å². The lowest BCUT2D eigenvalue weighted by Gasteiger charge is -2.43. The molecule has 0 bridgehead atoms. The van der Waals surface area contributed by atoms with Gasteiger partial charge in [0.15, 0.2) is 0 Å². The number of fused-ring (bicyclic) bond motifs is 1. The molecule has 232 valence electrons. The van der Waals surface area contributed by atoms with E-state index in [-0.39, 0.29) is 30.3 Å². The van der Waals surface area contributed by atoms with Crippen LogP contribution >= 0.6 is 0 Å². The quantitative estimate of drug-likeness (QED) is 0.452. The molecule has 3 N–H and O–H groups in total. The number of nitrogens with zero attached hydrogens (tertiary/aromatic N) is 3. The third kappa shape index (κ3) is 6.45.